The van der Waals surface area contributed by atoms with E-state index in [1.807, 2.05) is 11.4 Å². The van der Waals surface area contributed by atoms with E-state index >= 15 is 0 Å². The van der Waals surface area contributed by atoms with Gasteiger partial charge in [0.25, 0.3) is 0 Å². The Labute approximate surface area is 83.8 Å². The Morgan fingerprint density at radius 2 is 1.50 bits per heavy atom. The lowest BCUT2D eigenvalue weighted by atomic mass is 10.0. The number of hydrogen-bond acceptors (Lipinski definition) is 2. The van der Waals surface area contributed by atoms with Crippen LogP contribution >= 0.6 is 0 Å². The molecule has 0 spiro atoms. The van der Waals surface area contributed by atoms with Crippen LogP contribution in [0.5, 0.6) is 0 Å². The summed E-state index contributed by atoms with van der Waals surface area (Å²) in [6.07, 6.45) is 0. The molecule has 0 saturated carbocycles. The van der Waals surface area contributed by atoms with Crippen LogP contribution in [0.3, 0.4) is 0 Å². The quantitative estimate of drug-likeness (QED) is 0.636. The minimum Gasteiger partial charge on any atom is -0.217 e. The molecule has 0 aliphatic carbocycles. The zero-order valence-electron chi connectivity index (χ0n) is 9.34. The monoisotopic (exact) mass is 189 g/mol. The fourth-order valence-corrected chi connectivity index (χ4v) is 1.77. The van der Waals surface area contributed by atoms with Gasteiger partial charge in [-0.1, -0.05) is 0 Å². The van der Waals surface area contributed by atoms with E-state index < -0.39 is 0 Å². The summed E-state index contributed by atoms with van der Waals surface area (Å²) >= 11 is 0. The lowest BCUT2D eigenvalue weighted by Gasteiger charge is -2.09. The SMILES string of the molecule is Cc1nc2c(C)c(C)c(C)c(C)n2n1. The molecule has 3 heteroatoms. The van der Waals surface area contributed by atoms with Crippen LogP contribution < -0.4 is 0 Å². The normalized spacial score (nSPS) is 11.2. The lowest BCUT2D eigenvalue weighted by molar-refractivity contribution is 0.873. The van der Waals surface area contributed by atoms with Crippen LogP contribution in [0, 0.1) is 34.6 Å². The highest BCUT2D eigenvalue weighted by atomic mass is 15.3. The van der Waals surface area contributed by atoms with Crippen LogP contribution in [0.1, 0.15) is 28.2 Å². The predicted molar refractivity (Wildman–Crippen MR) is 56.7 cm³/mol. The van der Waals surface area contributed by atoms with Gasteiger partial charge in [-0.05, 0) is 51.3 Å². The van der Waals surface area contributed by atoms with Gasteiger partial charge in [-0.2, -0.15) is 5.10 Å². The van der Waals surface area contributed by atoms with E-state index in [9.17, 15) is 0 Å². The molecule has 0 fully saturated rings. The molecule has 0 amide bonds. The molecule has 0 unspecified atom stereocenters. The van der Waals surface area contributed by atoms with Crippen LogP contribution in [0.25, 0.3) is 5.65 Å². The number of rotatable bonds is 0. The molecule has 2 rings (SSSR count). The van der Waals surface area contributed by atoms with Crippen molar-refractivity contribution in [1.82, 2.24) is 14.6 Å². The molecule has 0 saturated heterocycles. The van der Waals surface area contributed by atoms with Crippen LogP contribution in [0.2, 0.25) is 0 Å². The van der Waals surface area contributed by atoms with Gasteiger partial charge >= 0.3 is 0 Å². The third-order valence-electron chi connectivity index (χ3n) is 3.03. The summed E-state index contributed by atoms with van der Waals surface area (Å²) < 4.78 is 1.94. The molecule has 2 aromatic rings. The van der Waals surface area contributed by atoms with E-state index in [-0.39, 0.29) is 0 Å². The van der Waals surface area contributed by atoms with Crippen molar-refractivity contribution in [2.75, 3.05) is 0 Å². The van der Waals surface area contributed by atoms with Crippen LogP contribution in [0.4, 0.5) is 0 Å². The standard InChI is InChI=1S/C11H15N3/c1-6-7(2)9(4)14-11(8(6)3)12-10(5)13-14/h1-5H3. The van der Waals surface area contributed by atoms with Crippen molar-refractivity contribution in [2.45, 2.75) is 34.6 Å². The largest absolute Gasteiger partial charge is 0.217 e. The second-order valence-corrected chi connectivity index (χ2v) is 3.85. The number of hydrogen-bond donors (Lipinski definition) is 0. The summed E-state index contributed by atoms with van der Waals surface area (Å²) in [7, 11) is 0. The second-order valence-electron chi connectivity index (χ2n) is 3.85. The fourth-order valence-electron chi connectivity index (χ4n) is 1.77. The molecular formula is C11H15N3. The van der Waals surface area contributed by atoms with Gasteiger partial charge in [0, 0.05) is 5.69 Å². The van der Waals surface area contributed by atoms with Gasteiger partial charge in [0.2, 0.25) is 0 Å². The Morgan fingerprint density at radius 1 is 0.857 bits per heavy atom. The van der Waals surface area contributed by atoms with Crippen molar-refractivity contribution in [2.24, 2.45) is 0 Å². The molecule has 0 bridgehead atoms. The highest BCUT2D eigenvalue weighted by Crippen LogP contribution is 2.20. The van der Waals surface area contributed by atoms with Gasteiger partial charge in [-0.3, -0.25) is 0 Å². The Hall–Kier alpha value is -1.38. The maximum atomic E-state index is 4.43. The summed E-state index contributed by atoms with van der Waals surface area (Å²) in [6, 6.07) is 0. The van der Waals surface area contributed by atoms with Gasteiger partial charge in [0.15, 0.2) is 5.65 Å². The summed E-state index contributed by atoms with van der Waals surface area (Å²) in [4.78, 5) is 4.43. The van der Waals surface area contributed by atoms with Crippen molar-refractivity contribution < 1.29 is 0 Å². The van der Waals surface area contributed by atoms with Gasteiger partial charge < -0.3 is 0 Å². The highest BCUT2D eigenvalue weighted by molar-refractivity contribution is 5.54. The molecule has 0 aliphatic rings. The van der Waals surface area contributed by atoms with Gasteiger partial charge in [0.1, 0.15) is 5.82 Å². The molecule has 14 heavy (non-hydrogen) atoms. The average molecular weight is 189 g/mol. The number of fused-ring (bicyclic) bond motifs is 1. The molecule has 74 valence electrons. The smallest absolute Gasteiger partial charge is 0.159 e. The molecule has 0 aromatic carbocycles. The Morgan fingerprint density at radius 3 is 2.14 bits per heavy atom. The van der Waals surface area contributed by atoms with Crippen molar-refractivity contribution in [3.63, 3.8) is 0 Å². The van der Waals surface area contributed by atoms with Crippen molar-refractivity contribution in [1.29, 1.82) is 0 Å². The van der Waals surface area contributed by atoms with E-state index in [4.69, 9.17) is 0 Å². The summed E-state index contributed by atoms with van der Waals surface area (Å²) in [5.41, 5.74) is 6.03. The minimum absolute atomic E-state index is 0.834. The first kappa shape index (κ1) is 9.19. The number of aryl methyl sites for hydroxylation is 3. The van der Waals surface area contributed by atoms with Gasteiger partial charge in [0.05, 0.1) is 0 Å². The third kappa shape index (κ3) is 1.05. The summed E-state index contributed by atoms with van der Waals surface area (Å²) in [5.74, 6) is 0.834. The highest BCUT2D eigenvalue weighted by Gasteiger charge is 2.11. The number of pyridine rings is 1. The van der Waals surface area contributed by atoms with E-state index in [1.165, 1.54) is 22.4 Å². The maximum Gasteiger partial charge on any atom is 0.159 e. The first-order chi connectivity index (χ1) is 6.52. The second kappa shape index (κ2) is 2.80. The lowest BCUT2D eigenvalue weighted by Crippen LogP contribution is -2.02. The Bertz CT molecular complexity index is 464. The van der Waals surface area contributed by atoms with Crippen LogP contribution in [-0.2, 0) is 0 Å². The summed E-state index contributed by atoms with van der Waals surface area (Å²) in [6.45, 7) is 10.4. The molecule has 2 heterocycles. The van der Waals surface area contributed by atoms with Crippen LogP contribution in [0.15, 0.2) is 0 Å². The fraction of sp³-hybridized carbons (Fsp3) is 0.455. The molecule has 0 N–H and O–H groups in total. The van der Waals surface area contributed by atoms with E-state index in [1.54, 1.807) is 0 Å². The van der Waals surface area contributed by atoms with Crippen molar-refractivity contribution in [3.8, 4) is 0 Å². The molecular weight excluding hydrogens is 174 g/mol. The zero-order valence-corrected chi connectivity index (χ0v) is 9.34. The van der Waals surface area contributed by atoms with Gasteiger partial charge in [-0.15, -0.1) is 0 Å². The predicted octanol–water partition coefficient (Wildman–Crippen LogP) is 2.27. The minimum atomic E-state index is 0.834. The molecule has 0 radical (unpaired) electrons. The van der Waals surface area contributed by atoms with E-state index in [0.717, 1.165) is 11.5 Å². The molecule has 0 atom stereocenters. The van der Waals surface area contributed by atoms with E-state index in [0.29, 0.717) is 0 Å². The third-order valence-corrected chi connectivity index (χ3v) is 3.03. The van der Waals surface area contributed by atoms with Crippen LogP contribution in [-0.4, -0.2) is 14.6 Å². The first-order valence-corrected chi connectivity index (χ1v) is 4.82. The average Bonchev–Trinajstić information content (AvgIpc) is 2.54. The summed E-state index contributed by atoms with van der Waals surface area (Å²) in [5, 5.41) is 4.38. The van der Waals surface area contributed by atoms with E-state index in [2.05, 4.69) is 37.8 Å². The molecule has 0 aliphatic heterocycles. The molecule has 2 aromatic heterocycles. The Kier molecular flexibility index (Phi) is 1.84. The molecule has 3 nitrogen and oxygen atoms in total. The Balaban J connectivity index is 3.01. The van der Waals surface area contributed by atoms with Gasteiger partial charge in [-0.25, -0.2) is 9.50 Å². The van der Waals surface area contributed by atoms with Crippen molar-refractivity contribution in [3.05, 3.63) is 28.2 Å². The number of nitrogens with zero attached hydrogens (tertiary/aromatic N) is 3. The maximum absolute atomic E-state index is 4.43. The van der Waals surface area contributed by atoms with Crippen molar-refractivity contribution >= 4 is 5.65 Å². The zero-order chi connectivity index (χ0) is 10.5. The first-order valence-electron chi connectivity index (χ1n) is 4.82. The topological polar surface area (TPSA) is 30.2 Å². The number of aromatic nitrogens is 3.